The number of halogens is 4. The maximum absolute atomic E-state index is 13.4. The lowest BCUT2D eigenvalue weighted by atomic mass is 9.96. The summed E-state index contributed by atoms with van der Waals surface area (Å²) in [6.07, 6.45) is -1.56. The molecule has 1 aliphatic rings. The Bertz CT molecular complexity index is 1480. The summed E-state index contributed by atoms with van der Waals surface area (Å²) >= 11 is 0. The predicted molar refractivity (Wildman–Crippen MR) is 139 cm³/mol. The number of alkyl halides is 3. The topological polar surface area (TPSA) is 72.1 Å². The highest BCUT2D eigenvalue weighted by Crippen LogP contribution is 2.33. The van der Waals surface area contributed by atoms with Crippen molar-refractivity contribution in [3.63, 3.8) is 0 Å². The first-order valence-corrected chi connectivity index (χ1v) is 13.7. The van der Waals surface area contributed by atoms with Crippen LogP contribution < -0.4 is 0 Å². The predicted octanol–water partition coefficient (Wildman–Crippen LogP) is 4.66. The van der Waals surface area contributed by atoms with E-state index in [0.717, 1.165) is 40.5 Å². The maximum atomic E-state index is 13.4. The molecule has 13 heteroatoms. The van der Waals surface area contributed by atoms with Crippen LogP contribution >= 0.6 is 0 Å². The molecule has 0 spiro atoms. The zero-order valence-corrected chi connectivity index (χ0v) is 22.6. The molecule has 2 aromatic heterocycles. The number of nitrogens with zero attached hydrogens (tertiary/aromatic N) is 7. The number of fused-ring (bicyclic) bond motifs is 1. The van der Waals surface area contributed by atoms with Crippen LogP contribution in [0.5, 0.6) is 0 Å². The van der Waals surface area contributed by atoms with Crippen molar-refractivity contribution in [2.45, 2.75) is 44.6 Å². The van der Waals surface area contributed by atoms with Gasteiger partial charge in [0.05, 0.1) is 23.6 Å². The molecule has 5 rings (SSSR count). The summed E-state index contributed by atoms with van der Waals surface area (Å²) in [6.45, 7) is 7.32. The van der Waals surface area contributed by atoms with Crippen LogP contribution in [-0.2, 0) is 17.5 Å². The summed E-state index contributed by atoms with van der Waals surface area (Å²) in [4.78, 5) is 2.88. The second kappa shape index (κ2) is 10.8. The molecule has 39 heavy (non-hydrogen) atoms. The Labute approximate surface area is 225 Å². The summed E-state index contributed by atoms with van der Waals surface area (Å²) < 4.78 is 68.5. The van der Waals surface area contributed by atoms with E-state index < -0.39 is 23.7 Å². The molecule has 1 saturated heterocycles. The monoisotopic (exact) mass is 563 g/mol. The van der Waals surface area contributed by atoms with E-state index in [1.807, 2.05) is 13.0 Å². The van der Waals surface area contributed by atoms with Gasteiger partial charge in [-0.3, -0.25) is 4.90 Å². The van der Waals surface area contributed by atoms with Crippen molar-refractivity contribution in [3.05, 3.63) is 65.7 Å². The van der Waals surface area contributed by atoms with Crippen LogP contribution in [0.25, 0.3) is 16.6 Å². The van der Waals surface area contributed by atoms with E-state index in [0.29, 0.717) is 30.3 Å². The van der Waals surface area contributed by atoms with Crippen LogP contribution in [0.2, 0.25) is 0 Å². The Balaban J connectivity index is 1.44. The minimum absolute atomic E-state index is 0.00283. The maximum Gasteiger partial charge on any atom is 0.409 e. The average molecular weight is 564 g/mol. The molecule has 8 nitrogen and oxygen atoms in total. The van der Waals surface area contributed by atoms with Crippen LogP contribution in [0.4, 0.5) is 17.6 Å². The minimum Gasteiger partial charge on any atom is -0.293 e. The fourth-order valence-electron chi connectivity index (χ4n) is 5.00. The van der Waals surface area contributed by atoms with Crippen LogP contribution in [0.3, 0.4) is 0 Å². The van der Waals surface area contributed by atoms with Crippen LogP contribution in [0.1, 0.15) is 31.0 Å². The fourth-order valence-corrected chi connectivity index (χ4v) is 6.09. The average Bonchev–Trinajstić information content (AvgIpc) is 3.49. The first kappa shape index (κ1) is 27.4. The largest absolute Gasteiger partial charge is 0.409 e. The van der Waals surface area contributed by atoms with Gasteiger partial charge >= 0.3 is 6.18 Å². The van der Waals surface area contributed by atoms with Gasteiger partial charge in [-0.1, -0.05) is 13.8 Å². The van der Waals surface area contributed by atoms with Crippen molar-refractivity contribution >= 4 is 21.9 Å². The fraction of sp³-hybridized carbons (Fsp3) is 0.423. The molecule has 1 aliphatic heterocycles. The van der Waals surface area contributed by atoms with E-state index in [2.05, 4.69) is 40.1 Å². The number of aryl methyl sites for hydroxylation is 1. The van der Waals surface area contributed by atoms with Gasteiger partial charge in [0.2, 0.25) is 0 Å². The van der Waals surface area contributed by atoms with Crippen molar-refractivity contribution < 1.29 is 21.8 Å². The van der Waals surface area contributed by atoms with Gasteiger partial charge in [-0.25, -0.2) is 17.6 Å². The molecular weight excluding hydrogens is 534 g/mol. The van der Waals surface area contributed by atoms with Gasteiger partial charge in [0.1, 0.15) is 16.8 Å². The molecule has 0 amide bonds. The molecule has 0 N–H and O–H groups in total. The van der Waals surface area contributed by atoms with Gasteiger partial charge in [-0.05, 0) is 60.4 Å². The van der Waals surface area contributed by atoms with Gasteiger partial charge in [-0.2, -0.15) is 28.2 Å². The molecule has 1 fully saturated rings. The molecule has 2 aromatic carbocycles. The van der Waals surface area contributed by atoms with Crippen molar-refractivity contribution in [2.24, 2.45) is 5.92 Å². The van der Waals surface area contributed by atoms with Gasteiger partial charge < -0.3 is 0 Å². The van der Waals surface area contributed by atoms with E-state index in [9.17, 15) is 21.8 Å². The molecule has 2 unspecified atom stereocenters. The quantitative estimate of drug-likeness (QED) is 0.306. The molecule has 0 radical (unpaired) electrons. The Morgan fingerprint density at radius 1 is 1.08 bits per heavy atom. The molecule has 3 heterocycles. The number of hydrogen-bond acceptors (Lipinski definition) is 5. The third-order valence-electron chi connectivity index (χ3n) is 6.69. The van der Waals surface area contributed by atoms with Gasteiger partial charge in [-0.15, -0.1) is 5.10 Å². The molecule has 0 bridgehead atoms. The zero-order chi connectivity index (χ0) is 27.9. The van der Waals surface area contributed by atoms with E-state index >= 15 is 0 Å². The highest BCUT2D eigenvalue weighted by molar-refractivity contribution is 7.82. The molecule has 208 valence electrons. The van der Waals surface area contributed by atoms with Gasteiger partial charge in [0, 0.05) is 37.6 Å². The lowest BCUT2D eigenvalue weighted by Gasteiger charge is -2.42. The van der Waals surface area contributed by atoms with Crippen molar-refractivity contribution in [3.8, 4) is 5.69 Å². The standard InChI is InChI=1S/C26H29F4N7OS/c1-17(2)14-34-8-9-35(39(38)25-13-31-36(33-25)16-26(28,29)30)15-24(34)22-11-19-12-32-37(23(19)10-18(22)3)21-6-4-20(27)5-7-21/h4-7,10-13,17,24H,8-9,14-16H2,1-3H3. The first-order chi connectivity index (χ1) is 18.5. The summed E-state index contributed by atoms with van der Waals surface area (Å²) in [6, 6.07) is 10.2. The Hall–Kier alpha value is -3.16. The third-order valence-corrected chi connectivity index (χ3v) is 8.03. The Morgan fingerprint density at radius 2 is 1.82 bits per heavy atom. The highest BCUT2D eigenvalue weighted by atomic mass is 32.2. The van der Waals surface area contributed by atoms with Crippen LogP contribution in [0.15, 0.2) is 53.8 Å². The van der Waals surface area contributed by atoms with Crippen molar-refractivity contribution in [2.75, 3.05) is 26.2 Å². The smallest absolute Gasteiger partial charge is 0.293 e. The lowest BCUT2D eigenvalue weighted by Crippen LogP contribution is -2.50. The van der Waals surface area contributed by atoms with E-state index in [-0.39, 0.29) is 16.9 Å². The number of hydrogen-bond donors (Lipinski definition) is 0. The first-order valence-electron chi connectivity index (χ1n) is 12.6. The van der Waals surface area contributed by atoms with E-state index in [4.69, 9.17) is 0 Å². The summed E-state index contributed by atoms with van der Waals surface area (Å²) in [5.41, 5.74) is 3.71. The molecule has 0 aliphatic carbocycles. The SMILES string of the molecule is Cc1cc2c(cnn2-c2ccc(F)cc2)cc1C1CN(S(=O)c2cnn(CC(F)(F)F)n2)CCN1CC(C)C. The zero-order valence-electron chi connectivity index (χ0n) is 21.8. The Kier molecular flexibility index (Phi) is 7.57. The minimum atomic E-state index is -4.47. The highest BCUT2D eigenvalue weighted by Gasteiger charge is 2.34. The molecule has 4 aromatic rings. The summed E-state index contributed by atoms with van der Waals surface area (Å²) in [7, 11) is -1.76. The normalized spacial score (nSPS) is 18.3. The number of piperazine rings is 1. The number of aromatic nitrogens is 5. The molecule has 2 atom stereocenters. The van der Waals surface area contributed by atoms with Crippen molar-refractivity contribution in [1.29, 1.82) is 0 Å². The number of benzene rings is 2. The summed E-state index contributed by atoms with van der Waals surface area (Å²) in [5, 5.41) is 12.9. The second-order valence-electron chi connectivity index (χ2n) is 10.2. The van der Waals surface area contributed by atoms with Gasteiger partial charge in [0.15, 0.2) is 11.6 Å². The molecule has 0 saturated carbocycles. The Morgan fingerprint density at radius 3 is 2.51 bits per heavy atom. The van der Waals surface area contributed by atoms with E-state index in [1.165, 1.54) is 12.1 Å². The lowest BCUT2D eigenvalue weighted by molar-refractivity contribution is -0.145. The van der Waals surface area contributed by atoms with E-state index in [1.54, 1.807) is 27.3 Å². The number of rotatable bonds is 7. The van der Waals surface area contributed by atoms with Crippen molar-refractivity contribution in [1.82, 2.24) is 34.0 Å². The third kappa shape index (κ3) is 6.04. The van der Waals surface area contributed by atoms with Crippen LogP contribution in [-0.4, -0.2) is 70.5 Å². The molecular formula is C26H29F4N7OS. The summed E-state index contributed by atoms with van der Waals surface area (Å²) in [5.74, 6) is 0.0816. The van der Waals surface area contributed by atoms with Crippen LogP contribution in [0, 0.1) is 18.7 Å². The van der Waals surface area contributed by atoms with Gasteiger partial charge in [0.25, 0.3) is 0 Å². The second-order valence-corrected chi connectivity index (χ2v) is 11.6.